The number of anilines is 2. The molecule has 0 saturated carbocycles. The molecule has 0 fully saturated rings. The molecule has 0 aliphatic carbocycles. The maximum absolute atomic E-state index is 11.9. The summed E-state index contributed by atoms with van der Waals surface area (Å²) in [7, 11) is 0. The average molecular weight is 394 g/mol. The largest absolute Gasteiger partial charge is 0.360 e. The fourth-order valence-corrected chi connectivity index (χ4v) is 3.56. The smallest absolute Gasteiger partial charge is 0.325 e. The predicted molar refractivity (Wildman–Crippen MR) is 107 cm³/mol. The first-order valence-electron chi connectivity index (χ1n) is 8.36. The fourth-order valence-electron chi connectivity index (χ4n) is 1.98. The van der Waals surface area contributed by atoms with Crippen LogP contribution in [-0.2, 0) is 4.79 Å². The molecule has 2 rings (SSSR count). The third-order valence-corrected chi connectivity index (χ3v) is 5.57. The van der Waals surface area contributed by atoms with Crippen molar-refractivity contribution in [3.63, 3.8) is 0 Å². The number of thioether (sulfide) groups is 1. The fraction of sp³-hybridized carbons (Fsp3) is 0.412. The summed E-state index contributed by atoms with van der Waals surface area (Å²) in [4.78, 5) is 23.8. The average Bonchev–Trinajstić information content (AvgIpc) is 3.04. The number of amides is 3. The topological polar surface area (TPSA) is 96.0 Å². The predicted octanol–water partition coefficient (Wildman–Crippen LogP) is 3.81. The van der Waals surface area contributed by atoms with E-state index in [0.717, 1.165) is 35.6 Å². The number of carbonyl (C=O) groups excluding carboxylic acids is 2. The number of rotatable bonds is 8. The molecule has 0 atom stereocenters. The number of benzene rings is 1. The van der Waals surface area contributed by atoms with Crippen LogP contribution in [0, 0.1) is 13.8 Å². The standard InChI is InChI=1S/C17H23N5O2S2/c1-4-5-8-18-16-21-22-17(26-16)25-10-14(23)20-15(24)19-13-7-6-11(2)12(3)9-13/h6-7,9H,4-5,8,10H2,1-3H3,(H,18,21)(H2,19,20,23,24). The Kier molecular flexibility index (Phi) is 7.86. The van der Waals surface area contributed by atoms with E-state index in [-0.39, 0.29) is 11.7 Å². The van der Waals surface area contributed by atoms with Gasteiger partial charge in [0, 0.05) is 12.2 Å². The lowest BCUT2D eigenvalue weighted by atomic mass is 10.1. The number of aryl methyl sites for hydroxylation is 2. The van der Waals surface area contributed by atoms with Gasteiger partial charge in [-0.25, -0.2) is 4.79 Å². The molecule has 0 saturated heterocycles. The summed E-state index contributed by atoms with van der Waals surface area (Å²) in [5.41, 5.74) is 2.87. The van der Waals surface area contributed by atoms with Crippen molar-refractivity contribution in [3.8, 4) is 0 Å². The second kappa shape index (κ2) is 10.1. The van der Waals surface area contributed by atoms with Crippen molar-refractivity contribution in [2.75, 3.05) is 22.9 Å². The van der Waals surface area contributed by atoms with Crippen LogP contribution >= 0.6 is 23.1 Å². The van der Waals surface area contributed by atoms with Crippen molar-refractivity contribution in [1.29, 1.82) is 0 Å². The summed E-state index contributed by atoms with van der Waals surface area (Å²) in [6, 6.07) is 5.04. The molecular weight excluding hydrogens is 370 g/mol. The van der Waals surface area contributed by atoms with Crippen molar-refractivity contribution >= 4 is 45.9 Å². The van der Waals surface area contributed by atoms with Crippen LogP contribution in [0.4, 0.5) is 15.6 Å². The number of carbonyl (C=O) groups is 2. The Morgan fingerprint density at radius 1 is 1.19 bits per heavy atom. The number of nitrogens with zero attached hydrogens (tertiary/aromatic N) is 2. The van der Waals surface area contributed by atoms with E-state index in [1.54, 1.807) is 6.07 Å². The molecule has 0 aliphatic rings. The zero-order valence-corrected chi connectivity index (χ0v) is 16.7. The first kappa shape index (κ1) is 20.2. The van der Waals surface area contributed by atoms with Gasteiger partial charge in [-0.15, -0.1) is 10.2 Å². The van der Waals surface area contributed by atoms with E-state index < -0.39 is 6.03 Å². The molecule has 0 spiro atoms. The van der Waals surface area contributed by atoms with Crippen LogP contribution in [0.25, 0.3) is 0 Å². The second-order valence-corrected chi connectivity index (χ2v) is 7.94. The van der Waals surface area contributed by atoms with E-state index in [2.05, 4.69) is 33.1 Å². The highest BCUT2D eigenvalue weighted by Gasteiger charge is 2.11. The van der Waals surface area contributed by atoms with Crippen LogP contribution in [0.5, 0.6) is 0 Å². The molecular formula is C17H23N5O2S2. The number of urea groups is 1. The molecule has 9 heteroatoms. The summed E-state index contributed by atoms with van der Waals surface area (Å²) in [5, 5.41) is 16.9. The molecule has 1 aromatic carbocycles. The van der Waals surface area contributed by atoms with Gasteiger partial charge in [-0.05, 0) is 43.5 Å². The van der Waals surface area contributed by atoms with Gasteiger partial charge in [-0.3, -0.25) is 10.1 Å². The van der Waals surface area contributed by atoms with Crippen LogP contribution in [0.3, 0.4) is 0 Å². The molecule has 0 radical (unpaired) electrons. The molecule has 1 aromatic heterocycles. The lowest BCUT2D eigenvalue weighted by Gasteiger charge is -2.08. The minimum absolute atomic E-state index is 0.101. The van der Waals surface area contributed by atoms with Gasteiger partial charge in [0.25, 0.3) is 0 Å². The van der Waals surface area contributed by atoms with Crippen LogP contribution in [0.2, 0.25) is 0 Å². The Bertz CT molecular complexity index is 763. The van der Waals surface area contributed by atoms with E-state index in [1.165, 1.54) is 23.1 Å². The highest BCUT2D eigenvalue weighted by atomic mass is 32.2. The van der Waals surface area contributed by atoms with Gasteiger partial charge in [0.2, 0.25) is 11.0 Å². The maximum atomic E-state index is 11.9. The van der Waals surface area contributed by atoms with Crippen LogP contribution in [-0.4, -0.2) is 34.4 Å². The number of nitrogens with one attached hydrogen (secondary N) is 3. The van der Waals surface area contributed by atoms with E-state index in [0.29, 0.717) is 10.0 Å². The molecule has 0 aliphatic heterocycles. The van der Waals surface area contributed by atoms with Gasteiger partial charge < -0.3 is 10.6 Å². The summed E-state index contributed by atoms with van der Waals surface area (Å²) in [5.74, 6) is -0.281. The van der Waals surface area contributed by atoms with Crippen molar-refractivity contribution in [2.45, 2.75) is 38.0 Å². The molecule has 26 heavy (non-hydrogen) atoms. The SMILES string of the molecule is CCCCNc1nnc(SCC(=O)NC(=O)Nc2ccc(C)c(C)c2)s1. The number of unbranched alkanes of at least 4 members (excludes halogenated alkanes) is 1. The molecule has 0 bridgehead atoms. The van der Waals surface area contributed by atoms with Gasteiger partial charge in [-0.2, -0.15) is 0 Å². The summed E-state index contributed by atoms with van der Waals surface area (Å²) in [6.07, 6.45) is 2.18. The minimum atomic E-state index is -0.543. The Labute approximate surface area is 161 Å². The third-order valence-electron chi connectivity index (χ3n) is 3.56. The maximum Gasteiger partial charge on any atom is 0.325 e. The van der Waals surface area contributed by atoms with Gasteiger partial charge in [-0.1, -0.05) is 42.5 Å². The van der Waals surface area contributed by atoms with Crippen LogP contribution in [0.1, 0.15) is 30.9 Å². The van der Waals surface area contributed by atoms with Gasteiger partial charge in [0.15, 0.2) is 4.34 Å². The first-order chi connectivity index (χ1) is 12.5. The Hall–Kier alpha value is -2.13. The van der Waals surface area contributed by atoms with Gasteiger partial charge in [0.1, 0.15) is 0 Å². The highest BCUT2D eigenvalue weighted by molar-refractivity contribution is 8.01. The summed E-state index contributed by atoms with van der Waals surface area (Å²) < 4.78 is 0.689. The first-order valence-corrected chi connectivity index (χ1v) is 10.2. The minimum Gasteiger partial charge on any atom is -0.360 e. The van der Waals surface area contributed by atoms with Crippen molar-refractivity contribution in [3.05, 3.63) is 29.3 Å². The zero-order valence-electron chi connectivity index (χ0n) is 15.1. The molecule has 7 nitrogen and oxygen atoms in total. The monoisotopic (exact) mass is 393 g/mol. The van der Waals surface area contributed by atoms with Crippen LogP contribution in [0.15, 0.2) is 22.5 Å². The van der Waals surface area contributed by atoms with Crippen molar-refractivity contribution in [2.24, 2.45) is 0 Å². The Morgan fingerprint density at radius 2 is 2.00 bits per heavy atom. The zero-order chi connectivity index (χ0) is 18.9. The molecule has 140 valence electrons. The third kappa shape index (κ3) is 6.64. The normalized spacial score (nSPS) is 10.4. The van der Waals surface area contributed by atoms with Gasteiger partial charge >= 0.3 is 6.03 Å². The Morgan fingerprint density at radius 3 is 2.73 bits per heavy atom. The summed E-state index contributed by atoms with van der Waals surface area (Å²) in [6.45, 7) is 6.94. The summed E-state index contributed by atoms with van der Waals surface area (Å²) >= 11 is 2.65. The highest BCUT2D eigenvalue weighted by Crippen LogP contribution is 2.25. The Balaban J connectivity index is 1.74. The molecule has 1 heterocycles. The van der Waals surface area contributed by atoms with Crippen molar-refractivity contribution < 1.29 is 9.59 Å². The molecule has 2 aromatic rings. The van der Waals surface area contributed by atoms with Gasteiger partial charge in [0.05, 0.1) is 5.75 Å². The van der Waals surface area contributed by atoms with E-state index in [1.807, 2.05) is 26.0 Å². The second-order valence-electron chi connectivity index (χ2n) is 5.74. The van der Waals surface area contributed by atoms with Crippen LogP contribution < -0.4 is 16.0 Å². The van der Waals surface area contributed by atoms with E-state index in [4.69, 9.17) is 0 Å². The molecule has 3 amide bonds. The number of imide groups is 1. The lowest BCUT2D eigenvalue weighted by Crippen LogP contribution is -2.35. The quantitative estimate of drug-likeness (QED) is 0.466. The number of hydrogen-bond donors (Lipinski definition) is 3. The van der Waals surface area contributed by atoms with Crippen molar-refractivity contribution in [1.82, 2.24) is 15.5 Å². The van der Waals surface area contributed by atoms with E-state index >= 15 is 0 Å². The number of aromatic nitrogens is 2. The molecule has 0 unspecified atom stereocenters. The lowest BCUT2D eigenvalue weighted by molar-refractivity contribution is -0.117. The number of hydrogen-bond acceptors (Lipinski definition) is 7. The van der Waals surface area contributed by atoms with E-state index in [9.17, 15) is 9.59 Å². The molecule has 3 N–H and O–H groups in total.